The molecule has 102 valence electrons. The van der Waals surface area contributed by atoms with E-state index in [4.69, 9.17) is 14.9 Å². The van der Waals surface area contributed by atoms with E-state index in [2.05, 4.69) is 15.0 Å². The summed E-state index contributed by atoms with van der Waals surface area (Å²) in [6, 6.07) is 8.02. The summed E-state index contributed by atoms with van der Waals surface area (Å²) in [4.78, 5) is 12.2. The quantitative estimate of drug-likeness (QED) is 0.787. The van der Waals surface area contributed by atoms with Gasteiger partial charge in [0.05, 0.1) is 6.61 Å². The van der Waals surface area contributed by atoms with E-state index in [9.17, 15) is 0 Å². The summed E-state index contributed by atoms with van der Waals surface area (Å²) in [6.45, 7) is 4.30. The summed E-state index contributed by atoms with van der Waals surface area (Å²) in [6.07, 6.45) is 0. The normalized spacial score (nSPS) is 10.9. The van der Waals surface area contributed by atoms with Crippen molar-refractivity contribution in [2.45, 2.75) is 13.8 Å². The van der Waals surface area contributed by atoms with Crippen LogP contribution in [0.5, 0.6) is 6.01 Å². The topological polar surface area (TPSA) is 87.1 Å². The number of anilines is 1. The van der Waals surface area contributed by atoms with Gasteiger partial charge in [-0.1, -0.05) is 18.2 Å². The number of rotatable bonds is 3. The lowest BCUT2D eigenvalue weighted by Gasteiger charge is -2.02. The molecule has 20 heavy (non-hydrogen) atoms. The third kappa shape index (κ3) is 2.16. The van der Waals surface area contributed by atoms with E-state index in [-0.39, 0.29) is 12.0 Å². The number of aryl methyl sites for hydroxylation is 1. The molecule has 0 spiro atoms. The predicted molar refractivity (Wildman–Crippen MR) is 75.4 cm³/mol. The number of benzene rings is 1. The number of nitrogens with two attached hydrogens (primary N) is 1. The Morgan fingerprint density at radius 3 is 2.85 bits per heavy atom. The van der Waals surface area contributed by atoms with E-state index in [0.29, 0.717) is 18.2 Å². The van der Waals surface area contributed by atoms with Gasteiger partial charge in [-0.05, 0) is 25.5 Å². The molecule has 3 rings (SSSR count). The molecule has 0 bridgehead atoms. The third-order valence-electron chi connectivity index (χ3n) is 2.87. The Labute approximate surface area is 115 Å². The molecule has 6 nitrogen and oxygen atoms in total. The molecule has 0 fully saturated rings. The van der Waals surface area contributed by atoms with E-state index >= 15 is 0 Å². The second kappa shape index (κ2) is 4.80. The number of nitrogens with zero attached hydrogens (tertiary/aromatic N) is 3. The van der Waals surface area contributed by atoms with E-state index < -0.39 is 0 Å². The van der Waals surface area contributed by atoms with Crippen molar-refractivity contribution in [1.82, 2.24) is 15.0 Å². The maximum atomic E-state index is 5.81. The molecule has 0 aliphatic carbocycles. The van der Waals surface area contributed by atoms with Crippen molar-refractivity contribution in [3.05, 3.63) is 29.8 Å². The van der Waals surface area contributed by atoms with E-state index in [0.717, 1.165) is 16.5 Å². The molecule has 2 aromatic heterocycles. The zero-order valence-corrected chi connectivity index (χ0v) is 11.3. The zero-order chi connectivity index (χ0) is 14.1. The first kappa shape index (κ1) is 12.4. The Morgan fingerprint density at radius 2 is 2.10 bits per heavy atom. The molecule has 0 unspecified atom stereocenters. The predicted octanol–water partition coefficient (Wildman–Crippen LogP) is 2.57. The Balaban J connectivity index is 2.12. The number of hydrogen-bond acceptors (Lipinski definition) is 6. The highest BCUT2D eigenvalue weighted by atomic mass is 16.5. The number of hydrogen-bond donors (Lipinski definition) is 1. The van der Waals surface area contributed by atoms with Crippen LogP contribution in [0.4, 0.5) is 5.95 Å². The molecule has 2 N–H and O–H groups in total. The summed E-state index contributed by atoms with van der Waals surface area (Å²) in [5.41, 5.74) is 7.54. The zero-order valence-electron chi connectivity index (χ0n) is 11.3. The van der Waals surface area contributed by atoms with Crippen molar-refractivity contribution < 1.29 is 9.15 Å². The minimum absolute atomic E-state index is 0.107. The minimum Gasteiger partial charge on any atom is -0.464 e. The van der Waals surface area contributed by atoms with Crippen molar-refractivity contribution in [2.24, 2.45) is 0 Å². The Hall–Kier alpha value is -2.63. The molecule has 0 saturated carbocycles. The van der Waals surface area contributed by atoms with Crippen molar-refractivity contribution >= 4 is 16.9 Å². The number of fused-ring (bicyclic) bond motifs is 1. The lowest BCUT2D eigenvalue weighted by Crippen LogP contribution is -2.04. The van der Waals surface area contributed by atoms with Gasteiger partial charge < -0.3 is 14.9 Å². The van der Waals surface area contributed by atoms with Gasteiger partial charge in [0.15, 0.2) is 5.76 Å². The van der Waals surface area contributed by atoms with Crippen LogP contribution in [-0.4, -0.2) is 21.6 Å². The molecular weight excluding hydrogens is 256 g/mol. The van der Waals surface area contributed by atoms with Gasteiger partial charge in [-0.15, -0.1) is 0 Å². The molecular formula is C14H14N4O2. The van der Waals surface area contributed by atoms with Crippen molar-refractivity contribution in [3.63, 3.8) is 0 Å². The van der Waals surface area contributed by atoms with Crippen LogP contribution in [0.1, 0.15) is 12.5 Å². The molecule has 0 aliphatic heterocycles. The van der Waals surface area contributed by atoms with Crippen LogP contribution in [-0.2, 0) is 0 Å². The second-order valence-corrected chi connectivity index (χ2v) is 4.34. The first-order valence-electron chi connectivity index (χ1n) is 6.31. The molecule has 1 aromatic carbocycles. The van der Waals surface area contributed by atoms with E-state index in [1.807, 2.05) is 38.1 Å². The fourth-order valence-corrected chi connectivity index (χ4v) is 2.00. The maximum absolute atomic E-state index is 5.81. The molecule has 0 aliphatic rings. The minimum atomic E-state index is 0.107. The molecule has 3 aromatic rings. The number of furan rings is 1. The van der Waals surface area contributed by atoms with Crippen molar-refractivity contribution in [2.75, 3.05) is 12.3 Å². The summed E-state index contributed by atoms with van der Waals surface area (Å²) < 4.78 is 11.1. The summed E-state index contributed by atoms with van der Waals surface area (Å²) in [5.74, 6) is 1.02. The Bertz CT molecular complexity index is 767. The molecule has 0 radical (unpaired) electrons. The molecule has 2 heterocycles. The van der Waals surface area contributed by atoms with Gasteiger partial charge in [-0.3, -0.25) is 0 Å². The average molecular weight is 270 g/mol. The van der Waals surface area contributed by atoms with Crippen LogP contribution in [0.3, 0.4) is 0 Å². The number of para-hydroxylation sites is 1. The highest BCUT2D eigenvalue weighted by Gasteiger charge is 2.13. The Morgan fingerprint density at radius 1 is 1.25 bits per heavy atom. The number of ether oxygens (including phenoxy) is 1. The van der Waals surface area contributed by atoms with E-state index in [1.165, 1.54) is 0 Å². The first-order chi connectivity index (χ1) is 9.67. The smallest absolute Gasteiger partial charge is 0.321 e. The van der Waals surface area contributed by atoms with Crippen molar-refractivity contribution in [1.29, 1.82) is 0 Å². The van der Waals surface area contributed by atoms with Gasteiger partial charge in [0, 0.05) is 5.39 Å². The Kier molecular flexibility index (Phi) is 2.98. The van der Waals surface area contributed by atoms with Gasteiger partial charge in [-0.25, -0.2) is 0 Å². The summed E-state index contributed by atoms with van der Waals surface area (Å²) in [7, 11) is 0. The van der Waals surface area contributed by atoms with Gasteiger partial charge in [0.1, 0.15) is 5.58 Å². The van der Waals surface area contributed by atoms with Crippen LogP contribution in [0.2, 0.25) is 0 Å². The molecule has 0 amide bonds. The summed E-state index contributed by atoms with van der Waals surface area (Å²) in [5, 5.41) is 0.997. The summed E-state index contributed by atoms with van der Waals surface area (Å²) >= 11 is 0. The van der Waals surface area contributed by atoms with Gasteiger partial charge in [-0.2, -0.15) is 15.0 Å². The van der Waals surface area contributed by atoms with Crippen LogP contribution >= 0.6 is 0 Å². The third-order valence-corrected chi connectivity index (χ3v) is 2.87. The van der Waals surface area contributed by atoms with Crippen LogP contribution < -0.4 is 10.5 Å². The van der Waals surface area contributed by atoms with Gasteiger partial charge >= 0.3 is 6.01 Å². The maximum Gasteiger partial charge on any atom is 0.321 e. The first-order valence-corrected chi connectivity index (χ1v) is 6.31. The lowest BCUT2D eigenvalue weighted by atomic mass is 10.2. The van der Waals surface area contributed by atoms with Gasteiger partial charge in [0.2, 0.25) is 11.8 Å². The highest BCUT2D eigenvalue weighted by molar-refractivity contribution is 5.84. The SMILES string of the molecule is CCOc1nc(N)nc(-c2cc3cccc(C)c3o2)n1. The largest absolute Gasteiger partial charge is 0.464 e. The van der Waals surface area contributed by atoms with E-state index in [1.54, 1.807) is 0 Å². The average Bonchev–Trinajstić information content (AvgIpc) is 2.84. The van der Waals surface area contributed by atoms with Crippen LogP contribution in [0, 0.1) is 6.92 Å². The fourth-order valence-electron chi connectivity index (χ4n) is 2.00. The van der Waals surface area contributed by atoms with Crippen molar-refractivity contribution in [3.8, 4) is 17.6 Å². The fraction of sp³-hybridized carbons (Fsp3) is 0.214. The number of aromatic nitrogens is 3. The molecule has 0 atom stereocenters. The molecule has 6 heteroatoms. The molecule has 0 saturated heterocycles. The monoisotopic (exact) mass is 270 g/mol. The van der Waals surface area contributed by atoms with Crippen LogP contribution in [0.25, 0.3) is 22.6 Å². The second-order valence-electron chi connectivity index (χ2n) is 4.34. The number of nitrogen functional groups attached to an aromatic ring is 1. The highest BCUT2D eigenvalue weighted by Crippen LogP contribution is 2.28. The van der Waals surface area contributed by atoms with Crippen LogP contribution in [0.15, 0.2) is 28.7 Å². The lowest BCUT2D eigenvalue weighted by molar-refractivity contribution is 0.312. The standard InChI is InChI=1S/C14H14N4O2/c1-3-19-14-17-12(16-13(15)18-14)10-7-9-6-4-5-8(2)11(9)20-10/h4-7H,3H2,1-2H3,(H2,15,16,17,18). The van der Waals surface area contributed by atoms with Gasteiger partial charge in [0.25, 0.3) is 0 Å².